The van der Waals surface area contributed by atoms with Crippen LogP contribution in [0.5, 0.6) is 0 Å². The summed E-state index contributed by atoms with van der Waals surface area (Å²) in [5, 5.41) is 7.56. The Balaban J connectivity index is 1.42. The summed E-state index contributed by atoms with van der Waals surface area (Å²) < 4.78 is 74.1. The fourth-order valence-corrected chi connectivity index (χ4v) is 5.48. The van der Waals surface area contributed by atoms with E-state index in [0.717, 1.165) is 6.07 Å². The molecule has 0 aliphatic carbocycles. The number of likely N-dealkylation sites (tertiary alicyclic amines) is 2. The third-order valence-electron chi connectivity index (χ3n) is 7.48. The molecule has 12 nitrogen and oxygen atoms in total. The molecule has 43 heavy (non-hydrogen) atoms. The number of rotatable bonds is 6. The number of nitrogens with one attached hydrogen (secondary N) is 1. The molecule has 2 saturated heterocycles. The second kappa shape index (κ2) is 11.4. The van der Waals surface area contributed by atoms with Gasteiger partial charge in [-0.05, 0) is 30.3 Å². The highest BCUT2D eigenvalue weighted by Crippen LogP contribution is 2.39. The van der Waals surface area contributed by atoms with Gasteiger partial charge >= 0.3 is 12.3 Å². The first-order valence-corrected chi connectivity index (χ1v) is 14.7. The van der Waals surface area contributed by atoms with Gasteiger partial charge in [-0.1, -0.05) is 20.8 Å². The lowest BCUT2D eigenvalue weighted by Crippen LogP contribution is -2.44. The fraction of sp³-hybridized carbons (Fsp3) is 0.481. The second-order valence-corrected chi connectivity index (χ2v) is 13.1. The maximum absolute atomic E-state index is 13.3. The minimum atomic E-state index is -4.70. The van der Waals surface area contributed by atoms with Crippen molar-refractivity contribution in [3.8, 4) is 0 Å². The molecule has 2 atom stereocenters. The van der Waals surface area contributed by atoms with Crippen LogP contribution in [0.4, 0.5) is 23.7 Å². The Morgan fingerprint density at radius 3 is 2.23 bits per heavy atom. The van der Waals surface area contributed by atoms with Crippen molar-refractivity contribution in [2.45, 2.75) is 44.1 Å². The third-order valence-corrected chi connectivity index (χ3v) is 8.41. The third kappa shape index (κ3) is 6.91. The van der Waals surface area contributed by atoms with Crippen molar-refractivity contribution in [3.05, 3.63) is 53.3 Å². The van der Waals surface area contributed by atoms with Crippen LogP contribution >= 0.6 is 0 Å². The number of methoxy groups -OCH3 is 1. The first-order chi connectivity index (χ1) is 19.8. The molecule has 2 unspecified atom stereocenters. The van der Waals surface area contributed by atoms with Crippen LogP contribution in [0.3, 0.4) is 0 Å². The van der Waals surface area contributed by atoms with E-state index in [4.69, 9.17) is 14.6 Å². The lowest BCUT2D eigenvalue weighted by molar-refractivity contribution is -0.137. The fourth-order valence-electron chi connectivity index (χ4n) is 4.97. The molecule has 3 heterocycles. The molecule has 1 aromatic heterocycles. The standard InChI is InChI=1S/C27H32F3N5O7S/c1-25(2,3)23(37)33-20-9-17(27(28,29)30)10-32-21(20)13-42-24(38)35-12-18-11-34(14-26(18,15-35)41-4)22(36)16-5-7-19(8-6-16)43(31,39)40/h5-10,18H,11-15H2,1-4H3,(H,33,37)(H2,31,39,40). The zero-order chi connectivity index (χ0) is 32.0. The summed E-state index contributed by atoms with van der Waals surface area (Å²) in [5.41, 5.74) is -2.90. The normalized spacial score (nSPS) is 20.6. The molecular weight excluding hydrogens is 595 g/mol. The van der Waals surface area contributed by atoms with Crippen LogP contribution in [0.25, 0.3) is 0 Å². The molecule has 1 aromatic carbocycles. The van der Waals surface area contributed by atoms with Gasteiger partial charge in [0.05, 0.1) is 29.2 Å². The Hall–Kier alpha value is -3.76. The van der Waals surface area contributed by atoms with Gasteiger partial charge in [-0.15, -0.1) is 0 Å². The van der Waals surface area contributed by atoms with Crippen LogP contribution in [0, 0.1) is 11.3 Å². The van der Waals surface area contributed by atoms with E-state index in [0.29, 0.717) is 6.20 Å². The number of halogens is 3. The number of ether oxygens (including phenoxy) is 2. The number of carbonyl (C=O) groups excluding carboxylic acids is 3. The number of carbonyl (C=O) groups is 3. The van der Waals surface area contributed by atoms with Crippen LogP contribution in [-0.4, -0.2) is 80.0 Å². The van der Waals surface area contributed by atoms with Crippen LogP contribution in [0.1, 0.15) is 42.4 Å². The van der Waals surface area contributed by atoms with Crippen molar-refractivity contribution in [2.75, 3.05) is 38.6 Å². The summed E-state index contributed by atoms with van der Waals surface area (Å²) in [6.07, 6.45) is -4.86. The van der Waals surface area contributed by atoms with Gasteiger partial charge in [0.2, 0.25) is 15.9 Å². The number of benzene rings is 1. The Morgan fingerprint density at radius 1 is 1.09 bits per heavy atom. The minimum Gasteiger partial charge on any atom is -0.443 e. The van der Waals surface area contributed by atoms with Crippen molar-refractivity contribution in [1.29, 1.82) is 0 Å². The average molecular weight is 628 g/mol. The van der Waals surface area contributed by atoms with Crippen molar-refractivity contribution in [1.82, 2.24) is 14.8 Å². The van der Waals surface area contributed by atoms with Crippen LogP contribution in [0.15, 0.2) is 41.4 Å². The lowest BCUT2D eigenvalue weighted by atomic mass is 9.95. The summed E-state index contributed by atoms with van der Waals surface area (Å²) in [5.74, 6) is -1.17. The Labute approximate surface area is 246 Å². The topological polar surface area (TPSA) is 161 Å². The summed E-state index contributed by atoms with van der Waals surface area (Å²) >= 11 is 0. The average Bonchev–Trinajstić information content (AvgIpc) is 3.45. The van der Waals surface area contributed by atoms with Crippen molar-refractivity contribution in [3.63, 3.8) is 0 Å². The maximum Gasteiger partial charge on any atom is 0.417 e. The first-order valence-electron chi connectivity index (χ1n) is 13.1. The van der Waals surface area contributed by atoms with Crippen molar-refractivity contribution in [2.24, 2.45) is 16.5 Å². The number of amides is 3. The first kappa shape index (κ1) is 32.2. The number of anilines is 1. The monoisotopic (exact) mass is 627 g/mol. The van der Waals surface area contributed by atoms with E-state index < -0.39 is 51.4 Å². The van der Waals surface area contributed by atoms with Crippen LogP contribution < -0.4 is 10.5 Å². The number of alkyl halides is 3. The molecule has 0 saturated carbocycles. The predicted octanol–water partition coefficient (Wildman–Crippen LogP) is 2.84. The van der Waals surface area contributed by atoms with E-state index in [1.807, 2.05) is 0 Å². The molecule has 3 N–H and O–H groups in total. The zero-order valence-corrected chi connectivity index (χ0v) is 24.7. The van der Waals surface area contributed by atoms with Gasteiger partial charge in [-0.25, -0.2) is 18.4 Å². The number of primary sulfonamides is 1. The maximum atomic E-state index is 13.3. The van der Waals surface area contributed by atoms with Gasteiger partial charge in [-0.3, -0.25) is 14.6 Å². The molecule has 3 amide bonds. The van der Waals surface area contributed by atoms with Crippen LogP contribution in [0.2, 0.25) is 0 Å². The number of pyridine rings is 1. The van der Waals surface area contributed by atoms with E-state index in [-0.39, 0.29) is 59.8 Å². The highest BCUT2D eigenvalue weighted by atomic mass is 32.2. The highest BCUT2D eigenvalue weighted by Gasteiger charge is 2.55. The summed E-state index contributed by atoms with van der Waals surface area (Å²) in [7, 11) is -2.45. The SMILES string of the molecule is COC12CN(C(=O)OCc3ncc(C(F)(F)F)cc3NC(=O)C(C)(C)C)CC1CN(C(=O)c1ccc(S(N)(=O)=O)cc1)C2. The molecule has 0 radical (unpaired) electrons. The number of nitrogens with zero attached hydrogens (tertiary/aromatic N) is 3. The summed E-state index contributed by atoms with van der Waals surface area (Å²) in [4.78, 5) is 45.2. The van der Waals surface area contributed by atoms with Crippen molar-refractivity contribution < 1.29 is 45.4 Å². The van der Waals surface area contributed by atoms with Gasteiger partial charge in [0.1, 0.15) is 17.9 Å². The van der Waals surface area contributed by atoms with E-state index in [9.17, 15) is 36.0 Å². The molecule has 16 heteroatoms. The van der Waals surface area contributed by atoms with E-state index in [2.05, 4.69) is 10.3 Å². The Morgan fingerprint density at radius 2 is 1.70 bits per heavy atom. The minimum absolute atomic E-state index is 0.0648. The predicted molar refractivity (Wildman–Crippen MR) is 146 cm³/mol. The van der Waals surface area contributed by atoms with Gasteiger partial charge in [0.15, 0.2) is 0 Å². The quantitative estimate of drug-likeness (QED) is 0.494. The largest absolute Gasteiger partial charge is 0.443 e. The molecule has 4 rings (SSSR count). The number of hydrogen-bond acceptors (Lipinski definition) is 8. The van der Waals surface area contributed by atoms with Gasteiger partial charge in [-0.2, -0.15) is 13.2 Å². The smallest absolute Gasteiger partial charge is 0.417 e. The number of nitrogens with two attached hydrogens (primary N) is 1. The molecule has 2 aliphatic rings. The molecule has 2 aromatic rings. The lowest BCUT2D eigenvalue weighted by Gasteiger charge is -2.27. The van der Waals surface area contributed by atoms with Gasteiger partial charge in [0.25, 0.3) is 5.91 Å². The highest BCUT2D eigenvalue weighted by molar-refractivity contribution is 7.89. The summed E-state index contributed by atoms with van der Waals surface area (Å²) in [6, 6.07) is 5.97. The molecule has 2 aliphatic heterocycles. The van der Waals surface area contributed by atoms with E-state index in [1.54, 1.807) is 25.7 Å². The Bertz CT molecular complexity index is 1530. The van der Waals surface area contributed by atoms with Crippen molar-refractivity contribution >= 4 is 33.6 Å². The molecule has 2 fully saturated rings. The molecular formula is C27H32F3N5O7S. The van der Waals surface area contributed by atoms with Crippen LogP contribution in [-0.2, 0) is 37.1 Å². The molecule has 0 spiro atoms. The number of hydrogen-bond donors (Lipinski definition) is 2. The second-order valence-electron chi connectivity index (χ2n) is 11.6. The molecule has 0 bridgehead atoms. The number of fused-ring (bicyclic) bond motifs is 1. The zero-order valence-electron chi connectivity index (χ0n) is 23.9. The number of sulfonamides is 1. The van der Waals surface area contributed by atoms with E-state index in [1.165, 1.54) is 36.3 Å². The summed E-state index contributed by atoms with van der Waals surface area (Å²) in [6.45, 7) is 4.93. The van der Waals surface area contributed by atoms with E-state index >= 15 is 0 Å². The number of aromatic nitrogens is 1. The molecule has 234 valence electrons. The Kier molecular flexibility index (Phi) is 8.52. The van der Waals surface area contributed by atoms with Gasteiger partial charge in [0, 0.05) is 43.3 Å². The van der Waals surface area contributed by atoms with Gasteiger partial charge < -0.3 is 24.6 Å².